The topological polar surface area (TPSA) is 39.2 Å². The number of nitrogens with two attached hydrogens (primary N) is 1. The lowest BCUT2D eigenvalue weighted by Gasteiger charge is -2.12. The molecule has 0 bridgehead atoms. The number of rotatable bonds is 3. The zero-order valence-corrected chi connectivity index (χ0v) is 11.1. The van der Waals surface area contributed by atoms with Crippen molar-refractivity contribution in [2.45, 2.75) is 26.3 Å². The summed E-state index contributed by atoms with van der Waals surface area (Å²) in [5.74, 6) is 1.21. The van der Waals surface area contributed by atoms with Crippen LogP contribution in [0.1, 0.15) is 28.7 Å². The van der Waals surface area contributed by atoms with E-state index < -0.39 is 5.82 Å². The van der Waals surface area contributed by atoms with Crippen molar-refractivity contribution < 1.29 is 8.81 Å². The smallest absolute Gasteiger partial charge is 0.142 e. The monoisotopic (exact) mass is 267 g/mol. The highest BCUT2D eigenvalue weighted by Crippen LogP contribution is 2.27. The first-order valence-corrected chi connectivity index (χ1v) is 6.12. The normalized spacial score (nSPS) is 12.7. The Balaban J connectivity index is 2.24. The number of furan rings is 1. The molecule has 0 radical (unpaired) electrons. The van der Waals surface area contributed by atoms with Gasteiger partial charge >= 0.3 is 0 Å². The zero-order valence-electron chi connectivity index (χ0n) is 10.3. The van der Waals surface area contributed by atoms with Crippen LogP contribution >= 0.6 is 11.6 Å². The van der Waals surface area contributed by atoms with Gasteiger partial charge in [0.25, 0.3) is 0 Å². The molecule has 0 spiro atoms. The average Bonchev–Trinajstić information content (AvgIpc) is 2.64. The van der Waals surface area contributed by atoms with Crippen LogP contribution in [0.2, 0.25) is 5.02 Å². The standard InChI is InChI=1S/C14H15ClFNO/c1-8-6-11(9(2)18-8)13(17)7-10-4-3-5-12(16)14(10)15/h3-6,13H,7,17H2,1-2H3. The van der Waals surface area contributed by atoms with Crippen LogP contribution in [0.5, 0.6) is 0 Å². The minimum Gasteiger partial charge on any atom is -0.466 e. The lowest BCUT2D eigenvalue weighted by Crippen LogP contribution is -2.14. The molecule has 0 aliphatic heterocycles. The molecule has 96 valence electrons. The molecule has 2 nitrogen and oxygen atoms in total. The van der Waals surface area contributed by atoms with Crippen LogP contribution in [0.25, 0.3) is 0 Å². The Morgan fingerprint density at radius 2 is 2.11 bits per heavy atom. The van der Waals surface area contributed by atoms with Crippen LogP contribution in [0.4, 0.5) is 4.39 Å². The maximum Gasteiger partial charge on any atom is 0.142 e. The summed E-state index contributed by atoms with van der Waals surface area (Å²) in [6.45, 7) is 3.74. The molecule has 0 fully saturated rings. The second-order valence-corrected chi connectivity index (χ2v) is 4.77. The molecule has 2 rings (SSSR count). The maximum atomic E-state index is 13.3. The van der Waals surface area contributed by atoms with Gasteiger partial charge in [0.1, 0.15) is 17.3 Å². The lowest BCUT2D eigenvalue weighted by molar-refractivity contribution is 0.497. The van der Waals surface area contributed by atoms with E-state index in [0.717, 1.165) is 17.1 Å². The number of benzene rings is 1. The van der Waals surface area contributed by atoms with Gasteiger partial charge in [0.2, 0.25) is 0 Å². The fraction of sp³-hybridized carbons (Fsp3) is 0.286. The van der Waals surface area contributed by atoms with Crippen molar-refractivity contribution in [3.63, 3.8) is 0 Å². The minimum atomic E-state index is -0.415. The van der Waals surface area contributed by atoms with Crippen LogP contribution in [-0.4, -0.2) is 0 Å². The van der Waals surface area contributed by atoms with Crippen LogP contribution in [-0.2, 0) is 6.42 Å². The summed E-state index contributed by atoms with van der Waals surface area (Å²) in [6.07, 6.45) is 0.483. The average molecular weight is 268 g/mol. The zero-order chi connectivity index (χ0) is 13.3. The summed E-state index contributed by atoms with van der Waals surface area (Å²) in [5, 5.41) is 0.144. The van der Waals surface area contributed by atoms with Crippen LogP contribution in [0.3, 0.4) is 0 Å². The molecule has 2 N–H and O–H groups in total. The summed E-state index contributed by atoms with van der Waals surface area (Å²) >= 11 is 5.92. The molecule has 1 unspecified atom stereocenters. The van der Waals surface area contributed by atoms with Crippen molar-refractivity contribution >= 4 is 11.6 Å². The number of hydrogen-bond acceptors (Lipinski definition) is 2. The highest BCUT2D eigenvalue weighted by molar-refractivity contribution is 6.31. The molecule has 18 heavy (non-hydrogen) atoms. The Hall–Kier alpha value is -1.32. The van der Waals surface area contributed by atoms with Gasteiger partial charge in [-0.25, -0.2) is 4.39 Å². The third-order valence-corrected chi connectivity index (χ3v) is 3.37. The highest BCUT2D eigenvalue weighted by atomic mass is 35.5. The van der Waals surface area contributed by atoms with Crippen LogP contribution < -0.4 is 5.73 Å². The van der Waals surface area contributed by atoms with E-state index in [1.54, 1.807) is 12.1 Å². The van der Waals surface area contributed by atoms with E-state index in [4.69, 9.17) is 21.8 Å². The minimum absolute atomic E-state index is 0.144. The summed E-state index contributed by atoms with van der Waals surface area (Å²) < 4.78 is 18.8. The van der Waals surface area contributed by atoms with Crippen molar-refractivity contribution in [1.82, 2.24) is 0 Å². The summed E-state index contributed by atoms with van der Waals surface area (Å²) in [4.78, 5) is 0. The largest absolute Gasteiger partial charge is 0.466 e. The second-order valence-electron chi connectivity index (χ2n) is 4.39. The predicted molar refractivity (Wildman–Crippen MR) is 70.2 cm³/mol. The molecule has 0 saturated carbocycles. The molecular weight excluding hydrogens is 253 g/mol. The Morgan fingerprint density at radius 3 is 2.72 bits per heavy atom. The van der Waals surface area contributed by atoms with E-state index in [9.17, 15) is 4.39 Å². The molecular formula is C14H15ClFNO. The predicted octanol–water partition coefficient (Wildman–Crippen LogP) is 3.93. The molecule has 4 heteroatoms. The summed E-state index contributed by atoms with van der Waals surface area (Å²) in [6, 6.07) is 6.42. The molecule has 1 aromatic heterocycles. The maximum absolute atomic E-state index is 13.3. The molecule has 0 aliphatic carbocycles. The molecule has 0 aliphatic rings. The van der Waals surface area contributed by atoms with Gasteiger partial charge in [0.05, 0.1) is 5.02 Å². The second kappa shape index (κ2) is 5.12. The SMILES string of the molecule is Cc1cc(C(N)Cc2cccc(F)c2Cl)c(C)o1. The van der Waals surface area contributed by atoms with Crippen molar-refractivity contribution in [2.75, 3.05) is 0 Å². The molecule has 2 aromatic rings. The highest BCUT2D eigenvalue weighted by Gasteiger charge is 2.16. The van der Waals surface area contributed by atoms with Crippen molar-refractivity contribution in [2.24, 2.45) is 5.73 Å². The van der Waals surface area contributed by atoms with Gasteiger partial charge in [-0.15, -0.1) is 0 Å². The van der Waals surface area contributed by atoms with Crippen LogP contribution in [0, 0.1) is 19.7 Å². The van der Waals surface area contributed by atoms with Gasteiger partial charge in [-0.05, 0) is 38.0 Å². The van der Waals surface area contributed by atoms with Gasteiger partial charge < -0.3 is 10.2 Å². The Morgan fingerprint density at radius 1 is 1.39 bits per heavy atom. The quantitative estimate of drug-likeness (QED) is 0.915. The van der Waals surface area contributed by atoms with E-state index in [-0.39, 0.29) is 11.1 Å². The molecule has 1 atom stereocenters. The van der Waals surface area contributed by atoms with Gasteiger partial charge in [-0.2, -0.15) is 0 Å². The van der Waals surface area contributed by atoms with E-state index in [2.05, 4.69) is 0 Å². The lowest BCUT2D eigenvalue weighted by atomic mass is 10.00. The molecule has 0 saturated heterocycles. The van der Waals surface area contributed by atoms with E-state index in [0.29, 0.717) is 12.0 Å². The summed E-state index contributed by atoms with van der Waals surface area (Å²) in [5.41, 5.74) is 7.77. The van der Waals surface area contributed by atoms with E-state index in [1.807, 2.05) is 19.9 Å². The molecule has 1 heterocycles. The van der Waals surface area contributed by atoms with Gasteiger partial charge in [0.15, 0.2) is 0 Å². The van der Waals surface area contributed by atoms with E-state index >= 15 is 0 Å². The number of halogens is 2. The fourth-order valence-electron chi connectivity index (χ4n) is 2.07. The van der Waals surface area contributed by atoms with Gasteiger partial charge in [-0.3, -0.25) is 0 Å². The first-order valence-electron chi connectivity index (χ1n) is 5.74. The third-order valence-electron chi connectivity index (χ3n) is 2.95. The van der Waals surface area contributed by atoms with E-state index in [1.165, 1.54) is 6.07 Å². The number of hydrogen-bond donors (Lipinski definition) is 1. The van der Waals surface area contributed by atoms with Crippen molar-refractivity contribution in [3.8, 4) is 0 Å². The molecule has 1 aromatic carbocycles. The third kappa shape index (κ3) is 2.57. The van der Waals surface area contributed by atoms with Gasteiger partial charge in [0, 0.05) is 11.6 Å². The van der Waals surface area contributed by atoms with Crippen molar-refractivity contribution in [1.29, 1.82) is 0 Å². The fourth-order valence-corrected chi connectivity index (χ4v) is 2.27. The molecule has 0 amide bonds. The number of aryl methyl sites for hydroxylation is 2. The Bertz CT molecular complexity index is 565. The summed E-state index contributed by atoms with van der Waals surface area (Å²) in [7, 11) is 0. The van der Waals surface area contributed by atoms with Crippen molar-refractivity contribution in [3.05, 3.63) is 57.8 Å². The first-order chi connectivity index (χ1) is 8.49. The van der Waals surface area contributed by atoms with Crippen LogP contribution in [0.15, 0.2) is 28.7 Å². The van der Waals surface area contributed by atoms with Gasteiger partial charge in [-0.1, -0.05) is 23.7 Å². The first kappa shape index (κ1) is 13.1. The Labute approximate surface area is 111 Å². The Kier molecular flexibility index (Phi) is 3.73.